The fourth-order valence-corrected chi connectivity index (χ4v) is 2.78. The van der Waals surface area contributed by atoms with Crippen molar-refractivity contribution in [2.24, 2.45) is 4.99 Å². The number of guanidine groups is 1. The number of ether oxygens (including phenoxy) is 2. The van der Waals surface area contributed by atoms with Crippen molar-refractivity contribution in [2.75, 3.05) is 37.9 Å². The fourth-order valence-electron chi connectivity index (χ4n) is 2.42. The number of nitrogens with zero attached hydrogens (tertiary/aromatic N) is 1. The van der Waals surface area contributed by atoms with E-state index in [-0.39, 0.29) is 36.4 Å². The molecule has 9 heteroatoms. The molecule has 2 aromatic rings. The van der Waals surface area contributed by atoms with E-state index in [1.165, 1.54) is 0 Å². The summed E-state index contributed by atoms with van der Waals surface area (Å²) >= 11 is 3.41. The van der Waals surface area contributed by atoms with E-state index in [0.717, 1.165) is 21.4 Å². The number of benzene rings is 2. The summed E-state index contributed by atoms with van der Waals surface area (Å²) in [6.45, 7) is 4.48. The van der Waals surface area contributed by atoms with Gasteiger partial charge in [-0.05, 0) is 43.7 Å². The molecule has 0 fully saturated rings. The first-order chi connectivity index (χ1) is 13.5. The molecule has 0 radical (unpaired) electrons. The highest BCUT2D eigenvalue weighted by Crippen LogP contribution is 2.30. The summed E-state index contributed by atoms with van der Waals surface area (Å²) in [5, 5.41) is 9.00. The van der Waals surface area contributed by atoms with Gasteiger partial charge in [0, 0.05) is 29.0 Å². The summed E-state index contributed by atoms with van der Waals surface area (Å²) in [6, 6.07) is 11.2. The van der Waals surface area contributed by atoms with Crippen LogP contribution < -0.4 is 25.4 Å². The Kier molecular flexibility index (Phi) is 10.8. The minimum absolute atomic E-state index is 0. The number of aliphatic imine (C=N–C) groups is 1. The second kappa shape index (κ2) is 12.5. The van der Waals surface area contributed by atoms with Crippen molar-refractivity contribution < 1.29 is 14.3 Å². The predicted octanol–water partition coefficient (Wildman–Crippen LogP) is 4.41. The van der Waals surface area contributed by atoms with Crippen LogP contribution in [0.25, 0.3) is 0 Å². The second-order valence-corrected chi connectivity index (χ2v) is 6.77. The van der Waals surface area contributed by atoms with E-state index >= 15 is 0 Å². The third kappa shape index (κ3) is 7.73. The molecular weight excluding hydrogens is 551 g/mol. The molecule has 0 bridgehead atoms. The van der Waals surface area contributed by atoms with Gasteiger partial charge < -0.3 is 25.4 Å². The van der Waals surface area contributed by atoms with Crippen LogP contribution in [0.3, 0.4) is 0 Å². The third-order valence-electron chi connectivity index (χ3n) is 3.84. The molecule has 0 aliphatic heterocycles. The number of rotatable bonds is 7. The molecule has 2 rings (SSSR count). The van der Waals surface area contributed by atoms with Gasteiger partial charge in [0.25, 0.3) is 0 Å². The van der Waals surface area contributed by atoms with Crippen molar-refractivity contribution >= 4 is 63.1 Å². The van der Waals surface area contributed by atoms with Crippen LogP contribution in [0, 0.1) is 6.92 Å². The topological polar surface area (TPSA) is 84.0 Å². The van der Waals surface area contributed by atoms with Gasteiger partial charge in [-0.2, -0.15) is 0 Å². The molecule has 29 heavy (non-hydrogen) atoms. The van der Waals surface area contributed by atoms with Crippen molar-refractivity contribution in [1.82, 2.24) is 5.32 Å². The van der Waals surface area contributed by atoms with Gasteiger partial charge in [0.2, 0.25) is 5.91 Å². The van der Waals surface area contributed by atoms with Crippen LogP contribution in [-0.2, 0) is 4.79 Å². The Morgan fingerprint density at radius 1 is 1.14 bits per heavy atom. The van der Waals surface area contributed by atoms with Gasteiger partial charge in [0.1, 0.15) is 0 Å². The lowest BCUT2D eigenvalue weighted by molar-refractivity contribution is -0.115. The summed E-state index contributed by atoms with van der Waals surface area (Å²) in [6.07, 6.45) is 0. The standard InChI is InChI=1S/C20H25BrN4O3.HI/c1-5-28-17-9-8-15(11-18(17)27-4)24-20(22-3)23-12-19(26)25-16-10-14(21)7-6-13(16)2;/h6-11H,5,12H2,1-4H3,(H,25,26)(H2,22,23,24);1H. The normalized spacial score (nSPS) is 10.6. The van der Waals surface area contributed by atoms with Crippen LogP contribution in [0.1, 0.15) is 12.5 Å². The summed E-state index contributed by atoms with van der Waals surface area (Å²) in [4.78, 5) is 16.4. The van der Waals surface area contributed by atoms with Crippen molar-refractivity contribution in [3.63, 3.8) is 0 Å². The van der Waals surface area contributed by atoms with Crippen molar-refractivity contribution in [3.05, 3.63) is 46.4 Å². The smallest absolute Gasteiger partial charge is 0.243 e. The number of carbonyl (C=O) groups excluding carboxylic acids is 1. The molecule has 2 aromatic carbocycles. The third-order valence-corrected chi connectivity index (χ3v) is 4.33. The van der Waals surface area contributed by atoms with Gasteiger partial charge in [-0.3, -0.25) is 9.79 Å². The number of anilines is 2. The quantitative estimate of drug-likeness (QED) is 0.258. The van der Waals surface area contributed by atoms with Gasteiger partial charge >= 0.3 is 0 Å². The zero-order valence-electron chi connectivity index (χ0n) is 16.8. The average Bonchev–Trinajstić information content (AvgIpc) is 2.69. The largest absolute Gasteiger partial charge is 0.493 e. The van der Waals surface area contributed by atoms with E-state index in [4.69, 9.17) is 9.47 Å². The number of hydrogen-bond acceptors (Lipinski definition) is 4. The Hall–Kier alpha value is -2.01. The van der Waals surface area contributed by atoms with Crippen LogP contribution in [0.15, 0.2) is 45.9 Å². The molecule has 1 amide bonds. The zero-order valence-corrected chi connectivity index (χ0v) is 20.8. The highest BCUT2D eigenvalue weighted by atomic mass is 127. The Morgan fingerprint density at radius 2 is 1.90 bits per heavy atom. The summed E-state index contributed by atoms with van der Waals surface area (Å²) in [5.41, 5.74) is 2.51. The molecule has 7 nitrogen and oxygen atoms in total. The van der Waals surface area contributed by atoms with E-state index in [1.807, 2.05) is 50.2 Å². The molecule has 0 saturated carbocycles. The molecule has 0 spiro atoms. The second-order valence-electron chi connectivity index (χ2n) is 5.86. The maximum Gasteiger partial charge on any atom is 0.243 e. The first-order valence-electron chi connectivity index (χ1n) is 8.81. The van der Waals surface area contributed by atoms with Crippen molar-refractivity contribution in [2.45, 2.75) is 13.8 Å². The van der Waals surface area contributed by atoms with Crippen LogP contribution in [0.5, 0.6) is 11.5 Å². The molecule has 0 saturated heterocycles. The first-order valence-corrected chi connectivity index (χ1v) is 9.60. The Bertz CT molecular complexity index is 862. The monoisotopic (exact) mass is 576 g/mol. The summed E-state index contributed by atoms with van der Waals surface area (Å²) in [7, 11) is 3.22. The van der Waals surface area contributed by atoms with Crippen LogP contribution >= 0.6 is 39.9 Å². The molecule has 0 atom stereocenters. The highest BCUT2D eigenvalue weighted by Gasteiger charge is 2.09. The number of halogens is 2. The van der Waals surface area contributed by atoms with E-state index in [1.54, 1.807) is 14.2 Å². The number of carbonyl (C=O) groups is 1. The predicted molar refractivity (Wildman–Crippen MR) is 132 cm³/mol. The molecule has 0 unspecified atom stereocenters. The van der Waals surface area contributed by atoms with Crippen LogP contribution in [0.4, 0.5) is 11.4 Å². The zero-order chi connectivity index (χ0) is 20.5. The number of nitrogens with one attached hydrogen (secondary N) is 3. The Labute approximate surface area is 196 Å². The SMILES string of the molecule is CCOc1ccc(NC(=NC)NCC(=O)Nc2cc(Br)ccc2C)cc1OC.I. The Balaban J connectivity index is 0.00000420. The molecule has 158 valence electrons. The Morgan fingerprint density at radius 3 is 2.55 bits per heavy atom. The van der Waals surface area contributed by atoms with Crippen molar-refractivity contribution in [3.8, 4) is 11.5 Å². The van der Waals surface area contributed by atoms with Crippen LogP contribution in [0.2, 0.25) is 0 Å². The maximum absolute atomic E-state index is 12.3. The minimum Gasteiger partial charge on any atom is -0.493 e. The number of methoxy groups -OCH3 is 1. The average molecular weight is 577 g/mol. The van der Waals surface area contributed by atoms with E-state index < -0.39 is 0 Å². The molecule has 0 aliphatic carbocycles. The van der Waals surface area contributed by atoms with Gasteiger partial charge in [-0.1, -0.05) is 22.0 Å². The van der Waals surface area contributed by atoms with E-state index in [9.17, 15) is 4.79 Å². The molecule has 0 aromatic heterocycles. The summed E-state index contributed by atoms with van der Waals surface area (Å²) in [5.74, 6) is 1.58. The highest BCUT2D eigenvalue weighted by molar-refractivity contribution is 14.0. The lowest BCUT2D eigenvalue weighted by Crippen LogP contribution is -2.37. The lowest BCUT2D eigenvalue weighted by atomic mass is 10.2. The molecular formula is C20H26BrIN4O3. The first kappa shape index (κ1) is 25.0. The van der Waals surface area contributed by atoms with E-state index in [2.05, 4.69) is 36.9 Å². The van der Waals surface area contributed by atoms with Gasteiger partial charge in [-0.15, -0.1) is 24.0 Å². The molecule has 0 aliphatic rings. The van der Waals surface area contributed by atoms with E-state index in [0.29, 0.717) is 24.1 Å². The molecule has 0 heterocycles. The lowest BCUT2D eigenvalue weighted by Gasteiger charge is -2.15. The van der Waals surface area contributed by atoms with Gasteiger partial charge in [-0.25, -0.2) is 0 Å². The van der Waals surface area contributed by atoms with Gasteiger partial charge in [0.05, 0.1) is 20.3 Å². The van der Waals surface area contributed by atoms with Gasteiger partial charge in [0.15, 0.2) is 17.5 Å². The minimum atomic E-state index is -0.173. The number of amides is 1. The number of aryl methyl sites for hydroxylation is 1. The fraction of sp³-hybridized carbons (Fsp3) is 0.300. The molecule has 3 N–H and O–H groups in total. The summed E-state index contributed by atoms with van der Waals surface area (Å²) < 4.78 is 11.8. The maximum atomic E-state index is 12.3. The van der Waals surface area contributed by atoms with Crippen LogP contribution in [-0.4, -0.2) is 39.2 Å². The van der Waals surface area contributed by atoms with Crippen molar-refractivity contribution in [1.29, 1.82) is 0 Å². The number of hydrogen-bond donors (Lipinski definition) is 3.